The van der Waals surface area contributed by atoms with E-state index in [1.54, 1.807) is 25.2 Å². The van der Waals surface area contributed by atoms with Crippen molar-refractivity contribution in [1.29, 1.82) is 0 Å². The molecular formula is C22H31F3N4O. The first-order valence-corrected chi connectivity index (χ1v) is 11.0. The van der Waals surface area contributed by atoms with E-state index in [2.05, 4.69) is 25.3 Å². The first kappa shape index (κ1) is 21.3. The molecule has 0 spiro atoms. The SMILES string of the molecule is CN=C(NC1CCN(C2CCCC2)CC1)NC1CC1c1ccccc1OC(F)(F)F. The molecule has 4 rings (SSSR count). The maximum absolute atomic E-state index is 12.7. The molecule has 2 unspecified atom stereocenters. The Morgan fingerprint density at radius 3 is 2.43 bits per heavy atom. The number of ether oxygens (including phenoxy) is 1. The minimum absolute atomic E-state index is 0.00804. The smallest absolute Gasteiger partial charge is 0.405 e. The van der Waals surface area contributed by atoms with Crippen LogP contribution >= 0.6 is 0 Å². The van der Waals surface area contributed by atoms with Gasteiger partial charge in [0.25, 0.3) is 0 Å². The molecule has 30 heavy (non-hydrogen) atoms. The van der Waals surface area contributed by atoms with E-state index < -0.39 is 6.36 Å². The monoisotopic (exact) mass is 424 g/mol. The number of nitrogens with one attached hydrogen (secondary N) is 2. The molecule has 0 amide bonds. The normalized spacial score (nSPS) is 26.6. The van der Waals surface area contributed by atoms with Crippen LogP contribution in [0.4, 0.5) is 13.2 Å². The Morgan fingerprint density at radius 1 is 1.07 bits per heavy atom. The molecule has 2 N–H and O–H groups in total. The third-order valence-electron chi connectivity index (χ3n) is 6.59. The van der Waals surface area contributed by atoms with Gasteiger partial charge in [-0.2, -0.15) is 0 Å². The van der Waals surface area contributed by atoms with E-state index in [0.717, 1.165) is 44.4 Å². The van der Waals surface area contributed by atoms with Crippen LogP contribution in [0.5, 0.6) is 5.75 Å². The van der Waals surface area contributed by atoms with Gasteiger partial charge < -0.3 is 20.3 Å². The fourth-order valence-electron chi connectivity index (χ4n) is 4.92. The van der Waals surface area contributed by atoms with Crippen molar-refractivity contribution in [2.24, 2.45) is 4.99 Å². The minimum Gasteiger partial charge on any atom is -0.405 e. The summed E-state index contributed by atoms with van der Waals surface area (Å²) in [5, 5.41) is 6.90. The summed E-state index contributed by atoms with van der Waals surface area (Å²) >= 11 is 0. The highest BCUT2D eigenvalue weighted by Crippen LogP contribution is 2.45. The molecule has 2 atom stereocenters. The first-order valence-electron chi connectivity index (χ1n) is 11.0. The van der Waals surface area contributed by atoms with Crippen molar-refractivity contribution in [1.82, 2.24) is 15.5 Å². The number of likely N-dealkylation sites (tertiary alicyclic amines) is 1. The van der Waals surface area contributed by atoms with Crippen LogP contribution in [0.3, 0.4) is 0 Å². The van der Waals surface area contributed by atoms with Crippen molar-refractivity contribution in [3.8, 4) is 5.75 Å². The van der Waals surface area contributed by atoms with Gasteiger partial charge in [0.15, 0.2) is 5.96 Å². The lowest BCUT2D eigenvalue weighted by molar-refractivity contribution is -0.274. The molecule has 1 aliphatic heterocycles. The standard InChI is InChI=1S/C22H31F3N4O/c1-26-21(27-15-10-12-29(13-11-15)16-6-2-3-7-16)28-19-14-18(19)17-8-4-5-9-20(17)30-22(23,24)25/h4-5,8-9,15-16,18-19H,2-3,6-7,10-14H2,1H3,(H2,26,27,28). The summed E-state index contributed by atoms with van der Waals surface area (Å²) in [6, 6.07) is 7.62. The van der Waals surface area contributed by atoms with Gasteiger partial charge in [-0.3, -0.25) is 4.99 Å². The predicted octanol–water partition coefficient (Wildman–Crippen LogP) is 4.01. The molecule has 0 radical (unpaired) electrons. The zero-order chi connectivity index (χ0) is 21.1. The van der Waals surface area contributed by atoms with Gasteiger partial charge in [-0.15, -0.1) is 13.2 Å². The van der Waals surface area contributed by atoms with E-state index in [-0.39, 0.29) is 17.7 Å². The van der Waals surface area contributed by atoms with Gasteiger partial charge in [0.1, 0.15) is 5.75 Å². The summed E-state index contributed by atoms with van der Waals surface area (Å²) in [7, 11) is 1.74. The number of para-hydroxylation sites is 1. The Morgan fingerprint density at radius 2 is 1.77 bits per heavy atom. The molecule has 1 aromatic carbocycles. The summed E-state index contributed by atoms with van der Waals surface area (Å²) < 4.78 is 42.3. The van der Waals surface area contributed by atoms with Crippen LogP contribution in [0, 0.1) is 0 Å². The second-order valence-electron chi connectivity index (χ2n) is 8.64. The molecular weight excluding hydrogens is 393 g/mol. The van der Waals surface area contributed by atoms with Crippen molar-refractivity contribution in [3.05, 3.63) is 29.8 Å². The van der Waals surface area contributed by atoms with Gasteiger partial charge >= 0.3 is 6.36 Å². The maximum atomic E-state index is 12.7. The molecule has 2 aliphatic carbocycles. The molecule has 3 fully saturated rings. The Bertz CT molecular complexity index is 740. The molecule has 0 aromatic heterocycles. The van der Waals surface area contributed by atoms with Crippen molar-refractivity contribution in [2.45, 2.75) is 75.4 Å². The Kier molecular flexibility index (Phi) is 6.41. The fraction of sp³-hybridized carbons (Fsp3) is 0.682. The Labute approximate surface area is 176 Å². The number of hydrogen-bond donors (Lipinski definition) is 2. The summed E-state index contributed by atoms with van der Waals surface area (Å²) in [6.07, 6.45) is 3.66. The molecule has 1 aromatic rings. The second kappa shape index (κ2) is 9.04. The summed E-state index contributed by atoms with van der Waals surface area (Å²) in [5.41, 5.74) is 0.590. The largest absolute Gasteiger partial charge is 0.573 e. The van der Waals surface area contributed by atoms with Crippen molar-refractivity contribution in [2.75, 3.05) is 20.1 Å². The Balaban J connectivity index is 1.27. The first-order chi connectivity index (χ1) is 14.4. The quantitative estimate of drug-likeness (QED) is 0.554. The average molecular weight is 425 g/mol. The van der Waals surface area contributed by atoms with Gasteiger partial charge in [-0.05, 0) is 43.7 Å². The summed E-state index contributed by atoms with van der Waals surface area (Å²) in [5.74, 6) is 0.615. The summed E-state index contributed by atoms with van der Waals surface area (Å²) in [4.78, 5) is 6.97. The van der Waals surface area contributed by atoms with E-state index >= 15 is 0 Å². The van der Waals surface area contributed by atoms with Gasteiger partial charge in [0.05, 0.1) is 0 Å². The number of piperidine rings is 1. The third kappa shape index (κ3) is 5.39. The van der Waals surface area contributed by atoms with Crippen LogP contribution in [0.25, 0.3) is 0 Å². The number of halogens is 3. The van der Waals surface area contributed by atoms with Crippen molar-refractivity contribution >= 4 is 5.96 Å². The highest BCUT2D eigenvalue weighted by Gasteiger charge is 2.42. The van der Waals surface area contributed by atoms with Gasteiger partial charge in [0.2, 0.25) is 0 Å². The topological polar surface area (TPSA) is 48.9 Å². The van der Waals surface area contributed by atoms with Gasteiger partial charge in [0, 0.05) is 44.2 Å². The zero-order valence-electron chi connectivity index (χ0n) is 17.4. The highest BCUT2D eigenvalue weighted by atomic mass is 19.4. The Hall–Kier alpha value is -1.96. The van der Waals surface area contributed by atoms with E-state index in [4.69, 9.17) is 0 Å². The molecule has 166 valence electrons. The van der Waals surface area contributed by atoms with Gasteiger partial charge in [-0.1, -0.05) is 31.0 Å². The highest BCUT2D eigenvalue weighted by molar-refractivity contribution is 5.81. The molecule has 8 heteroatoms. The lowest BCUT2D eigenvalue weighted by atomic mass is 10.0. The predicted molar refractivity (Wildman–Crippen MR) is 111 cm³/mol. The van der Waals surface area contributed by atoms with Crippen molar-refractivity contribution < 1.29 is 17.9 Å². The minimum atomic E-state index is -4.68. The second-order valence-corrected chi connectivity index (χ2v) is 8.64. The maximum Gasteiger partial charge on any atom is 0.573 e. The van der Waals surface area contributed by atoms with Gasteiger partial charge in [-0.25, -0.2) is 0 Å². The van der Waals surface area contributed by atoms with Crippen molar-refractivity contribution in [3.63, 3.8) is 0 Å². The third-order valence-corrected chi connectivity index (χ3v) is 6.59. The van der Waals surface area contributed by atoms with Crippen LogP contribution in [-0.4, -0.2) is 55.5 Å². The molecule has 2 saturated carbocycles. The number of rotatable bonds is 5. The number of hydrogen-bond acceptors (Lipinski definition) is 3. The van der Waals surface area contributed by atoms with E-state index in [1.165, 1.54) is 31.7 Å². The average Bonchev–Trinajstić information content (AvgIpc) is 3.24. The molecule has 1 heterocycles. The molecule has 1 saturated heterocycles. The lowest BCUT2D eigenvalue weighted by Gasteiger charge is -2.36. The van der Waals surface area contributed by atoms with E-state index in [9.17, 15) is 13.2 Å². The summed E-state index contributed by atoms with van der Waals surface area (Å²) in [6.45, 7) is 2.24. The number of guanidine groups is 1. The van der Waals surface area contributed by atoms with E-state index in [1.807, 2.05) is 0 Å². The number of benzene rings is 1. The zero-order valence-corrected chi connectivity index (χ0v) is 17.4. The number of aliphatic imine (C=N–C) groups is 1. The van der Waals surface area contributed by atoms with Crippen LogP contribution in [0.2, 0.25) is 0 Å². The van der Waals surface area contributed by atoms with Crippen LogP contribution in [0.1, 0.15) is 56.4 Å². The fourth-order valence-corrected chi connectivity index (χ4v) is 4.92. The van der Waals surface area contributed by atoms with E-state index in [0.29, 0.717) is 11.6 Å². The molecule has 0 bridgehead atoms. The lowest BCUT2D eigenvalue weighted by Crippen LogP contribution is -2.50. The van der Waals surface area contributed by atoms with Crippen LogP contribution in [-0.2, 0) is 0 Å². The number of alkyl halides is 3. The van der Waals surface area contributed by atoms with Crippen LogP contribution in [0.15, 0.2) is 29.3 Å². The van der Waals surface area contributed by atoms with Crippen LogP contribution < -0.4 is 15.4 Å². The number of nitrogens with zero attached hydrogens (tertiary/aromatic N) is 2. The molecule has 5 nitrogen and oxygen atoms in total. The molecule has 3 aliphatic rings.